The second-order valence-electron chi connectivity index (χ2n) is 5.69. The van der Waals surface area contributed by atoms with Crippen molar-refractivity contribution in [3.05, 3.63) is 23.8 Å². The maximum Gasteiger partial charge on any atom is 0.222 e. The third-order valence-corrected chi connectivity index (χ3v) is 3.82. The first-order chi connectivity index (χ1) is 11.6. The summed E-state index contributed by atoms with van der Waals surface area (Å²) in [5, 5.41) is 6.14. The zero-order valence-electron chi connectivity index (χ0n) is 15.4. The first-order valence-electron chi connectivity index (χ1n) is 8.43. The first-order valence-corrected chi connectivity index (χ1v) is 8.43. The smallest absolute Gasteiger partial charge is 0.222 e. The van der Waals surface area contributed by atoms with E-state index < -0.39 is 0 Å². The van der Waals surface area contributed by atoms with E-state index in [2.05, 4.69) is 10.6 Å². The molecule has 2 rings (SSSR count). The summed E-state index contributed by atoms with van der Waals surface area (Å²) in [6.07, 6.45) is 2.89. The lowest BCUT2D eigenvalue weighted by Crippen LogP contribution is -2.27. The van der Waals surface area contributed by atoms with Crippen LogP contribution >= 0.6 is 0 Å². The number of carbonyl (C=O) groups is 1. The number of methoxy groups -OCH3 is 2. The van der Waals surface area contributed by atoms with Crippen LogP contribution in [-0.4, -0.2) is 58.8 Å². The van der Waals surface area contributed by atoms with E-state index in [9.17, 15) is 4.79 Å². The third-order valence-electron chi connectivity index (χ3n) is 3.82. The van der Waals surface area contributed by atoms with Crippen LogP contribution < -0.4 is 20.1 Å². The molecule has 1 aliphatic heterocycles. The maximum atomic E-state index is 11.1. The quantitative estimate of drug-likeness (QED) is 0.706. The molecule has 0 radical (unpaired) electrons. The number of carbonyl (C=O) groups excluding carboxylic acids is 1. The molecule has 24 heavy (non-hydrogen) atoms. The van der Waals surface area contributed by atoms with Crippen LogP contribution in [0.5, 0.6) is 11.5 Å². The number of rotatable bonds is 8. The van der Waals surface area contributed by atoms with Crippen molar-refractivity contribution in [2.75, 3.05) is 47.9 Å². The monoisotopic (exact) mass is 337 g/mol. The van der Waals surface area contributed by atoms with Crippen molar-refractivity contribution in [3.8, 4) is 11.5 Å². The predicted octanol–water partition coefficient (Wildman–Crippen LogP) is 1.64. The van der Waals surface area contributed by atoms with Crippen molar-refractivity contribution in [2.45, 2.75) is 25.8 Å². The van der Waals surface area contributed by atoms with Gasteiger partial charge in [0.2, 0.25) is 5.91 Å². The van der Waals surface area contributed by atoms with Crippen LogP contribution in [0.4, 0.5) is 0 Å². The van der Waals surface area contributed by atoms with Gasteiger partial charge in [-0.3, -0.25) is 4.79 Å². The second-order valence-corrected chi connectivity index (χ2v) is 5.69. The predicted molar refractivity (Wildman–Crippen MR) is 96.7 cm³/mol. The summed E-state index contributed by atoms with van der Waals surface area (Å²) >= 11 is 0. The highest BCUT2D eigenvalue weighted by Crippen LogP contribution is 2.22. The van der Waals surface area contributed by atoms with E-state index >= 15 is 0 Å². The molecule has 1 fully saturated rings. The Balaban J connectivity index is 0.000000243. The highest BCUT2D eigenvalue weighted by Gasteiger charge is 2.18. The summed E-state index contributed by atoms with van der Waals surface area (Å²) in [5.74, 6) is 1.98. The first kappa shape index (κ1) is 20.3. The minimum Gasteiger partial charge on any atom is -0.497 e. The van der Waals surface area contributed by atoms with Gasteiger partial charge in [0.15, 0.2) is 0 Å². The highest BCUT2D eigenvalue weighted by molar-refractivity contribution is 5.77. The van der Waals surface area contributed by atoms with Crippen LogP contribution in [0.1, 0.15) is 24.8 Å². The normalized spacial score (nSPS) is 13.5. The Bertz CT molecular complexity index is 472. The molecule has 0 aliphatic carbocycles. The SMILES string of the molecule is CNCCCN1CCCC1=O.CNCc1cc(OC)cc(OC)c1. The maximum absolute atomic E-state index is 11.1. The molecule has 0 aromatic heterocycles. The molecule has 1 amide bonds. The zero-order chi connectivity index (χ0) is 17.8. The Labute approximate surface area is 145 Å². The number of hydrogen-bond acceptors (Lipinski definition) is 5. The van der Waals surface area contributed by atoms with Crippen molar-refractivity contribution in [2.24, 2.45) is 0 Å². The van der Waals surface area contributed by atoms with Crippen molar-refractivity contribution in [1.82, 2.24) is 15.5 Å². The topological polar surface area (TPSA) is 62.8 Å². The van der Waals surface area contributed by atoms with Crippen LogP contribution in [-0.2, 0) is 11.3 Å². The van der Waals surface area contributed by atoms with Gasteiger partial charge in [-0.2, -0.15) is 0 Å². The van der Waals surface area contributed by atoms with Gasteiger partial charge in [-0.25, -0.2) is 0 Å². The molecule has 6 nitrogen and oxygen atoms in total. The number of benzene rings is 1. The third kappa shape index (κ3) is 7.19. The summed E-state index contributed by atoms with van der Waals surface area (Å²) in [7, 11) is 7.15. The van der Waals surface area contributed by atoms with Gasteiger partial charge >= 0.3 is 0 Å². The Morgan fingerprint density at radius 3 is 2.21 bits per heavy atom. The van der Waals surface area contributed by atoms with Crippen molar-refractivity contribution in [1.29, 1.82) is 0 Å². The molecule has 1 aromatic carbocycles. The molecule has 0 saturated carbocycles. The molecule has 1 aromatic rings. The number of ether oxygens (including phenoxy) is 2. The zero-order valence-corrected chi connectivity index (χ0v) is 15.4. The van der Waals surface area contributed by atoms with Gasteiger partial charge in [-0.1, -0.05) is 0 Å². The van der Waals surface area contributed by atoms with E-state index in [4.69, 9.17) is 9.47 Å². The molecule has 136 valence electrons. The molecule has 1 saturated heterocycles. The molecular weight excluding hydrogens is 306 g/mol. The Morgan fingerprint density at radius 1 is 1.08 bits per heavy atom. The standard InChI is InChI=1S/C10H15NO2.C8H16N2O/c1-11-7-8-4-9(12-2)6-10(5-8)13-3;1-9-5-3-7-10-6-2-4-8(10)11/h4-6,11H,7H2,1-3H3;9H,2-7H2,1H3. The number of hydrogen-bond donors (Lipinski definition) is 2. The molecule has 1 aliphatic rings. The van der Waals surface area contributed by atoms with Gasteiger partial charge in [0, 0.05) is 32.1 Å². The van der Waals surface area contributed by atoms with E-state index in [-0.39, 0.29) is 0 Å². The lowest BCUT2D eigenvalue weighted by molar-refractivity contribution is -0.127. The largest absolute Gasteiger partial charge is 0.497 e. The van der Waals surface area contributed by atoms with E-state index in [1.807, 2.05) is 37.2 Å². The molecule has 0 spiro atoms. The van der Waals surface area contributed by atoms with Gasteiger partial charge < -0.3 is 25.0 Å². The van der Waals surface area contributed by atoms with Crippen molar-refractivity contribution in [3.63, 3.8) is 0 Å². The molecule has 0 atom stereocenters. The van der Waals surface area contributed by atoms with Crippen molar-refractivity contribution < 1.29 is 14.3 Å². The minimum absolute atomic E-state index is 0.334. The fourth-order valence-corrected chi connectivity index (χ4v) is 2.56. The van der Waals surface area contributed by atoms with Crippen LogP contribution in [0.3, 0.4) is 0 Å². The van der Waals surface area contributed by atoms with Crippen molar-refractivity contribution >= 4 is 5.91 Å². The van der Waals surface area contributed by atoms with Gasteiger partial charge in [0.05, 0.1) is 14.2 Å². The molecule has 0 unspecified atom stereocenters. The molecule has 1 heterocycles. The number of amides is 1. The Hall–Kier alpha value is -1.79. The lowest BCUT2D eigenvalue weighted by Gasteiger charge is -2.14. The fourth-order valence-electron chi connectivity index (χ4n) is 2.56. The van der Waals surface area contributed by atoms with Crippen LogP contribution in [0, 0.1) is 0 Å². The van der Waals surface area contributed by atoms with Gasteiger partial charge in [-0.05, 0) is 51.2 Å². The summed E-state index contributed by atoms with van der Waals surface area (Å²) < 4.78 is 10.3. The Kier molecular flexibility index (Phi) is 9.88. The number of likely N-dealkylation sites (tertiary alicyclic amines) is 1. The Morgan fingerprint density at radius 2 is 1.75 bits per heavy atom. The van der Waals surface area contributed by atoms with Crippen LogP contribution in [0.2, 0.25) is 0 Å². The fraction of sp³-hybridized carbons (Fsp3) is 0.611. The number of nitrogens with one attached hydrogen (secondary N) is 2. The molecule has 6 heteroatoms. The van der Waals surface area contributed by atoms with Gasteiger partial charge in [0.25, 0.3) is 0 Å². The average Bonchev–Trinajstić information content (AvgIpc) is 3.01. The second kappa shape index (κ2) is 11.7. The van der Waals surface area contributed by atoms with E-state index in [0.29, 0.717) is 5.91 Å². The van der Waals surface area contributed by atoms with E-state index in [1.54, 1.807) is 14.2 Å². The molecule has 0 bridgehead atoms. The summed E-state index contributed by atoms with van der Waals surface area (Å²) in [6.45, 7) is 3.72. The number of nitrogens with zero attached hydrogens (tertiary/aromatic N) is 1. The average molecular weight is 337 g/mol. The van der Waals surface area contributed by atoms with Gasteiger partial charge in [-0.15, -0.1) is 0 Å². The molecular formula is C18H31N3O3. The van der Waals surface area contributed by atoms with E-state index in [1.165, 1.54) is 0 Å². The van der Waals surface area contributed by atoms with Gasteiger partial charge in [0.1, 0.15) is 11.5 Å². The van der Waals surface area contributed by atoms with Crippen LogP contribution in [0.15, 0.2) is 18.2 Å². The lowest BCUT2D eigenvalue weighted by atomic mass is 10.2. The minimum atomic E-state index is 0.334. The van der Waals surface area contributed by atoms with E-state index in [0.717, 1.165) is 62.5 Å². The summed E-state index contributed by atoms with van der Waals surface area (Å²) in [6, 6.07) is 5.83. The van der Waals surface area contributed by atoms with Crippen LogP contribution in [0.25, 0.3) is 0 Å². The summed E-state index contributed by atoms with van der Waals surface area (Å²) in [4.78, 5) is 13.0. The summed E-state index contributed by atoms with van der Waals surface area (Å²) in [5.41, 5.74) is 1.15. The highest BCUT2D eigenvalue weighted by atomic mass is 16.5. The molecule has 2 N–H and O–H groups in total.